The van der Waals surface area contributed by atoms with E-state index in [4.69, 9.17) is 31.1 Å². The number of hydrogen-bond donors (Lipinski definition) is 19. The van der Waals surface area contributed by atoms with Crippen LogP contribution in [0.3, 0.4) is 0 Å². The zero-order valence-electron chi connectivity index (χ0n) is 69.2. The van der Waals surface area contributed by atoms with Crippen molar-refractivity contribution in [2.75, 3.05) is 47.0 Å². The maximum atomic E-state index is 15.2. The third-order valence-electron chi connectivity index (χ3n) is 20.2. The number of guanidine groups is 1. The van der Waals surface area contributed by atoms with Crippen LogP contribution in [0.2, 0.25) is 0 Å². The standard InChI is InChI=1S/C85H108N18O21/c1-48(2)36-62(78(115)97-61(15-10-34-91-85(87)88)84(121)103-35-11-16-67(103)83(120)93-45-72(86)109)98-76(113)59(14-7-8-33-90-73(110)17-9-18-75(112)124-69-31-24-51(39-71(69)123-4)22-28-56(107)42-55(106)27-21-50-23-30-68(108)70(38-50)122-3)96-79(116)63(37-49-19-25-54(105)26-20-49)99-82(119)66(46-104)102-80(117)64(40-52-43-92-58-13-6-5-12-57(52)58)100-81(118)65(41-53-44-89-47-94-53)101-77(114)60-29-32-74(111)95-60/h5-6,12-13,19-28,30-31,38-39,43-44,47-48,59-67,92,104-105,108H,7-11,14-18,29,32-37,40-42,45-46H2,1-4H3,(H2,86,109)(H,89,94)(H,90,110)(H,93,120)(H,95,111)(H,96,116)(H,97,115)(H,98,113)(H,99,119)(H,100,118)(H,101,114)(H,102,117)(H4,87,88,91)/b27-21+,28-22+/t59-,60+,61+,62+,63+,64+,65+,66+,67+/m1/s1. The molecule has 0 bridgehead atoms. The highest BCUT2D eigenvalue weighted by Crippen LogP contribution is 2.31. The molecule has 39 nitrogen and oxygen atoms in total. The van der Waals surface area contributed by atoms with E-state index in [2.05, 4.69) is 73.4 Å². The molecular formula is C85H108N18O21. The van der Waals surface area contributed by atoms with Crippen LogP contribution in [-0.2, 0) is 91.2 Å². The molecule has 2 saturated heterocycles. The number of nitrogens with zero attached hydrogens (tertiary/aromatic N) is 2. The van der Waals surface area contributed by atoms with Crippen molar-refractivity contribution in [3.63, 3.8) is 0 Å². The van der Waals surface area contributed by atoms with Gasteiger partial charge in [0.05, 0.1) is 45.8 Å². The smallest absolute Gasteiger partial charge is 0.311 e. The van der Waals surface area contributed by atoms with Gasteiger partial charge in [0.15, 0.2) is 40.5 Å². The number of phenolic OH excluding ortho intramolecular Hbond substituents is 2. The minimum atomic E-state index is -1.87. The molecule has 6 aromatic rings. The van der Waals surface area contributed by atoms with E-state index in [1.165, 1.54) is 104 Å². The van der Waals surface area contributed by atoms with Crippen LogP contribution in [0.4, 0.5) is 0 Å². The molecule has 2 fully saturated rings. The van der Waals surface area contributed by atoms with E-state index in [-0.39, 0.29) is 162 Å². The minimum Gasteiger partial charge on any atom is -0.508 e. The Bertz CT molecular complexity index is 4860. The van der Waals surface area contributed by atoms with Gasteiger partial charge >= 0.3 is 5.97 Å². The molecule has 12 amide bonds. The van der Waals surface area contributed by atoms with Gasteiger partial charge in [0.1, 0.15) is 60.1 Å². The summed E-state index contributed by atoms with van der Waals surface area (Å²) in [7, 11) is 2.72. The number of carbonyl (C=O) groups is 15. The number of hydrogen-bond acceptors (Lipinski definition) is 23. The number of benzene rings is 4. The second-order valence-electron chi connectivity index (χ2n) is 30.2. The molecule has 0 radical (unpaired) electrons. The number of allylic oxidation sites excluding steroid dienone is 2. The summed E-state index contributed by atoms with van der Waals surface area (Å²) in [6.45, 7) is 2.08. The predicted octanol–water partition coefficient (Wildman–Crippen LogP) is 0.231. The summed E-state index contributed by atoms with van der Waals surface area (Å²) in [6, 6.07) is 8.71. The van der Waals surface area contributed by atoms with Gasteiger partial charge in [0.2, 0.25) is 70.9 Å². The Morgan fingerprint density at radius 3 is 1.87 bits per heavy atom. The number of phenols is 2. The highest BCUT2D eigenvalue weighted by atomic mass is 16.6. The van der Waals surface area contributed by atoms with E-state index in [0.717, 1.165) is 0 Å². The largest absolute Gasteiger partial charge is 0.508 e. The van der Waals surface area contributed by atoms with Crippen LogP contribution in [0, 0.1) is 11.3 Å². The van der Waals surface area contributed by atoms with Gasteiger partial charge in [-0.15, -0.1) is 0 Å². The molecule has 9 atom stereocenters. The lowest BCUT2D eigenvalue weighted by Crippen LogP contribution is -2.61. The summed E-state index contributed by atoms with van der Waals surface area (Å²) in [5.41, 5.74) is 13.7. The van der Waals surface area contributed by atoms with E-state index in [9.17, 15) is 77.6 Å². The molecule has 0 aliphatic carbocycles. The normalized spacial score (nSPS) is 15.3. The van der Waals surface area contributed by atoms with Crippen molar-refractivity contribution in [1.82, 2.24) is 78.3 Å². The molecule has 0 unspecified atom stereocenters. The number of H-pyrrole nitrogens is 2. The summed E-state index contributed by atoms with van der Waals surface area (Å²) >= 11 is 0. The Hall–Kier alpha value is -14.0. The molecule has 21 N–H and O–H groups in total. The topological polar surface area (TPSA) is 600 Å². The number of aliphatic hydroxyl groups excluding tert-OH is 1. The average molecular weight is 1720 g/mol. The quantitative estimate of drug-likeness (QED) is 0.00462. The molecule has 39 heteroatoms. The number of esters is 1. The van der Waals surface area contributed by atoms with E-state index < -0.39 is 156 Å². The maximum Gasteiger partial charge on any atom is 0.311 e. The van der Waals surface area contributed by atoms with Gasteiger partial charge in [0, 0.05) is 81.5 Å². The SMILES string of the molecule is COc1cc(/C=C/C(=O)CC(=O)/C=C/c2ccc(OC(=O)CCCC(=O)NCCCC[C@@H](NC(=O)[C@H](Cc3ccc(O)cc3)NC(=O)[C@H](CO)NC(=O)[C@H](Cc3c[nH]c4ccccc34)NC(=O)[C@H](Cc3c[nH]cn3)NC(=O)[C@@H]3CCC(=O)N3)C(=O)N[C@@H](CC(C)C)C(=O)N[C@@H](CCCNC(=N)N)C(=O)N3CCC[C@H]3C(=O)NCC(N)=O)c(OC)c2)ccc1O. The first kappa shape index (κ1) is 95.5. The number of fused-ring (bicyclic) bond motifs is 1. The third-order valence-corrected chi connectivity index (χ3v) is 20.2. The molecule has 4 aromatic carbocycles. The Morgan fingerprint density at radius 2 is 1.23 bits per heavy atom. The number of primary amides is 1. The molecule has 2 aliphatic heterocycles. The van der Waals surface area contributed by atoms with Gasteiger partial charge in [-0.2, -0.15) is 0 Å². The van der Waals surface area contributed by atoms with Crippen LogP contribution in [-0.4, -0.2) is 231 Å². The first-order valence-corrected chi connectivity index (χ1v) is 40.6. The van der Waals surface area contributed by atoms with Gasteiger partial charge in [-0.25, -0.2) is 4.98 Å². The number of unbranched alkanes of at least 4 members (excludes halogenated alkanes) is 1. The maximum absolute atomic E-state index is 15.2. The lowest BCUT2D eigenvalue weighted by Gasteiger charge is -2.31. The summed E-state index contributed by atoms with van der Waals surface area (Å²) in [5, 5.41) is 68.6. The molecule has 0 saturated carbocycles. The zero-order valence-corrected chi connectivity index (χ0v) is 69.2. The van der Waals surface area contributed by atoms with Crippen molar-refractivity contribution in [1.29, 1.82) is 5.41 Å². The number of methoxy groups -OCH3 is 2. The van der Waals surface area contributed by atoms with Crippen LogP contribution in [0.25, 0.3) is 23.1 Å². The number of amides is 12. The summed E-state index contributed by atoms with van der Waals surface area (Å²) in [6.07, 6.45) is 9.16. The van der Waals surface area contributed by atoms with E-state index in [1.54, 1.807) is 56.4 Å². The van der Waals surface area contributed by atoms with E-state index >= 15 is 9.59 Å². The number of nitrogens with two attached hydrogens (primary N) is 2. The van der Waals surface area contributed by atoms with Crippen molar-refractivity contribution >= 4 is 117 Å². The molecule has 124 heavy (non-hydrogen) atoms. The second-order valence-corrected chi connectivity index (χ2v) is 30.2. The van der Waals surface area contributed by atoms with Gasteiger partial charge in [-0.3, -0.25) is 77.3 Å². The molecule has 4 heterocycles. The summed E-state index contributed by atoms with van der Waals surface area (Å²) in [5.74, 6) is -11.8. The van der Waals surface area contributed by atoms with E-state index in [1.807, 2.05) is 0 Å². The van der Waals surface area contributed by atoms with Crippen molar-refractivity contribution in [2.45, 2.75) is 177 Å². The summed E-state index contributed by atoms with van der Waals surface area (Å²) in [4.78, 5) is 218. The minimum absolute atomic E-state index is 0.00356. The number of imidazole rings is 1. The molecule has 664 valence electrons. The monoisotopic (exact) mass is 1720 g/mol. The molecule has 0 spiro atoms. The van der Waals surface area contributed by atoms with Crippen LogP contribution in [0.5, 0.6) is 28.7 Å². The Labute approximate surface area is 713 Å². The lowest BCUT2D eigenvalue weighted by molar-refractivity contribution is -0.142. The highest BCUT2D eigenvalue weighted by Gasteiger charge is 2.41. The van der Waals surface area contributed by atoms with Crippen LogP contribution in [0.1, 0.15) is 132 Å². The van der Waals surface area contributed by atoms with Crippen molar-refractivity contribution in [3.8, 4) is 28.7 Å². The van der Waals surface area contributed by atoms with E-state index in [0.29, 0.717) is 45.3 Å². The number of carbonyl (C=O) groups excluding carboxylic acids is 15. The number of nitrogens with one attached hydrogen (secondary N) is 14. The third kappa shape index (κ3) is 30.3. The number of aromatic amines is 2. The number of para-hydroxylation sites is 1. The van der Waals surface area contributed by atoms with Gasteiger partial charge < -0.3 is 114 Å². The number of aromatic hydroxyl groups is 2. The van der Waals surface area contributed by atoms with Crippen LogP contribution < -0.4 is 84.2 Å². The van der Waals surface area contributed by atoms with Gasteiger partial charge in [-0.05, 0) is 147 Å². The number of rotatable bonds is 49. The fraction of sp³-hybridized carbons (Fsp3) is 0.424. The van der Waals surface area contributed by atoms with Crippen molar-refractivity contribution in [2.24, 2.45) is 17.4 Å². The Morgan fingerprint density at radius 1 is 0.621 bits per heavy atom. The number of likely N-dealkylation sites (tertiary alicyclic amines) is 1. The number of aliphatic hydroxyl groups is 1. The summed E-state index contributed by atoms with van der Waals surface area (Å²) < 4.78 is 16.1. The van der Waals surface area contributed by atoms with Gasteiger partial charge in [0.25, 0.3) is 0 Å². The lowest BCUT2D eigenvalue weighted by atomic mass is 10.00. The first-order chi connectivity index (χ1) is 59.4. The second kappa shape index (κ2) is 47.8. The first-order valence-electron chi connectivity index (χ1n) is 40.6. The molecule has 8 rings (SSSR count). The molecule has 2 aliphatic rings. The predicted molar refractivity (Wildman–Crippen MR) is 450 cm³/mol. The number of aromatic nitrogens is 3. The highest BCUT2D eigenvalue weighted by molar-refractivity contribution is 6.11. The van der Waals surface area contributed by atoms with Crippen LogP contribution in [0.15, 0.2) is 116 Å². The Balaban J connectivity index is 0.977. The molecular weight excluding hydrogens is 1610 g/mol. The van der Waals surface area contributed by atoms with Crippen LogP contribution >= 0.6 is 0 Å². The zero-order chi connectivity index (χ0) is 89.9. The van der Waals surface area contributed by atoms with Crippen molar-refractivity contribution < 1.29 is 101 Å². The average Bonchev–Trinajstić information content (AvgIpc) is 1.66. The fourth-order valence-corrected chi connectivity index (χ4v) is 13.8. The molecule has 2 aromatic heterocycles. The Kier molecular flexibility index (Phi) is 36.8. The number of ether oxygens (including phenoxy) is 3. The number of ketones is 2. The fourth-order valence-electron chi connectivity index (χ4n) is 13.8. The van der Waals surface area contributed by atoms with Crippen molar-refractivity contribution in [3.05, 3.63) is 144 Å². The van der Waals surface area contributed by atoms with Gasteiger partial charge in [-0.1, -0.05) is 68.5 Å².